The summed E-state index contributed by atoms with van der Waals surface area (Å²) < 4.78 is 56.3. The van der Waals surface area contributed by atoms with Gasteiger partial charge >= 0.3 is 24.0 Å². The Morgan fingerprint density at radius 2 is 1.84 bits per heavy atom. The second kappa shape index (κ2) is 11.5. The number of hydrogen-bond acceptors (Lipinski definition) is 6. The first kappa shape index (κ1) is 27.8. The van der Waals surface area contributed by atoms with Gasteiger partial charge in [-0.2, -0.15) is 13.2 Å². The maximum Gasteiger partial charge on any atom is 0.471 e. The average molecular weight is 520 g/mol. The highest BCUT2D eigenvalue weighted by Crippen LogP contribution is 2.44. The number of halogens is 3. The molecule has 0 spiro atoms. The predicted octanol–water partition coefficient (Wildman–Crippen LogP) is 5.46. The summed E-state index contributed by atoms with van der Waals surface area (Å²) in [6.45, 7) is 4.40. The van der Waals surface area contributed by atoms with E-state index in [1.54, 1.807) is 50.3 Å². The van der Waals surface area contributed by atoms with Crippen molar-refractivity contribution in [3.63, 3.8) is 0 Å². The number of methoxy groups -OCH3 is 1. The topological polar surface area (TPSA) is 82.1 Å². The molecule has 0 bridgehead atoms. The van der Waals surface area contributed by atoms with E-state index in [9.17, 15) is 27.6 Å². The zero-order valence-electron chi connectivity index (χ0n) is 21.0. The van der Waals surface area contributed by atoms with Crippen molar-refractivity contribution in [1.29, 1.82) is 0 Å². The summed E-state index contributed by atoms with van der Waals surface area (Å²) in [7, 11) is 1.37. The van der Waals surface area contributed by atoms with Crippen LogP contribution >= 0.6 is 0 Å². The van der Waals surface area contributed by atoms with Crippen LogP contribution in [0, 0.1) is 6.92 Å². The lowest BCUT2D eigenvalue weighted by molar-refractivity contribution is -0.170. The number of ether oxygens (including phenoxy) is 3. The van der Waals surface area contributed by atoms with E-state index in [0.717, 1.165) is 5.57 Å². The molecule has 10 heteroatoms. The van der Waals surface area contributed by atoms with Crippen LogP contribution in [0.1, 0.15) is 53.7 Å². The van der Waals surface area contributed by atoms with E-state index in [-0.39, 0.29) is 48.6 Å². The number of para-hydroxylation sites is 1. The van der Waals surface area contributed by atoms with Crippen molar-refractivity contribution in [3.8, 4) is 11.5 Å². The number of benzene rings is 2. The highest BCUT2D eigenvalue weighted by molar-refractivity contribution is 6.08. The van der Waals surface area contributed by atoms with E-state index >= 15 is 0 Å². The van der Waals surface area contributed by atoms with Gasteiger partial charge in [0.15, 0.2) is 0 Å². The van der Waals surface area contributed by atoms with Gasteiger partial charge in [0, 0.05) is 24.1 Å². The van der Waals surface area contributed by atoms with Crippen LogP contribution < -0.4 is 14.4 Å². The number of nitrogens with zero attached hydrogens (tertiary/aromatic N) is 1. The SMILES string of the molecule is CCN(C(=O)C(F)(F)F)c1c(CC=C(C)CCC(=O)Oc2ccccc2)c(OC)c(C)c2c1C(=O)OC2. The summed E-state index contributed by atoms with van der Waals surface area (Å²) in [5.41, 5.74) is 1.73. The lowest BCUT2D eigenvalue weighted by Crippen LogP contribution is -2.42. The van der Waals surface area contributed by atoms with Gasteiger partial charge in [-0.15, -0.1) is 0 Å². The maximum absolute atomic E-state index is 13.5. The molecule has 0 saturated carbocycles. The third kappa shape index (κ3) is 6.12. The Morgan fingerprint density at radius 1 is 1.16 bits per heavy atom. The van der Waals surface area contributed by atoms with Crippen molar-refractivity contribution >= 4 is 23.5 Å². The van der Waals surface area contributed by atoms with Gasteiger partial charge in [-0.1, -0.05) is 29.8 Å². The second-order valence-corrected chi connectivity index (χ2v) is 8.50. The molecule has 3 rings (SSSR count). The molecule has 0 unspecified atom stereocenters. The standard InChI is InChI=1S/C27H28F3NO6/c1-5-31(26(34)27(28,29)30)23-19(24(35-4)17(3)20-15-36-25(33)22(20)23)13-11-16(2)12-14-21(32)37-18-9-7-6-8-10-18/h6-11H,5,12-15H2,1-4H3. The summed E-state index contributed by atoms with van der Waals surface area (Å²) in [6.07, 6.45) is -2.93. The fourth-order valence-corrected chi connectivity index (χ4v) is 4.23. The third-order valence-corrected chi connectivity index (χ3v) is 6.07. The van der Waals surface area contributed by atoms with Gasteiger partial charge in [-0.3, -0.25) is 9.59 Å². The highest BCUT2D eigenvalue weighted by atomic mass is 19.4. The zero-order chi connectivity index (χ0) is 27.3. The number of allylic oxidation sites excluding steroid dienone is 2. The largest absolute Gasteiger partial charge is 0.496 e. The van der Waals surface area contributed by atoms with Crippen LogP contribution in [0.5, 0.6) is 11.5 Å². The van der Waals surface area contributed by atoms with Crippen molar-refractivity contribution in [2.24, 2.45) is 0 Å². The molecule has 1 heterocycles. The molecule has 198 valence electrons. The number of fused-ring (bicyclic) bond motifs is 1. The minimum atomic E-state index is -5.15. The minimum Gasteiger partial charge on any atom is -0.496 e. The Bertz CT molecular complexity index is 1220. The molecule has 1 aliphatic heterocycles. The quantitative estimate of drug-likeness (QED) is 0.249. The molecular formula is C27H28F3NO6. The molecule has 0 saturated heterocycles. The van der Waals surface area contributed by atoms with Crippen LogP contribution in [0.4, 0.5) is 18.9 Å². The lowest BCUT2D eigenvalue weighted by atomic mass is 9.92. The van der Waals surface area contributed by atoms with E-state index in [2.05, 4.69) is 0 Å². The number of rotatable bonds is 9. The fourth-order valence-electron chi connectivity index (χ4n) is 4.23. The molecular weight excluding hydrogens is 491 g/mol. The molecule has 2 aromatic rings. The smallest absolute Gasteiger partial charge is 0.471 e. The van der Waals surface area contributed by atoms with Gasteiger partial charge in [-0.25, -0.2) is 4.79 Å². The Labute approximate surface area is 212 Å². The van der Waals surface area contributed by atoms with Gasteiger partial charge in [-0.05, 0) is 51.3 Å². The number of anilines is 1. The number of amides is 1. The van der Waals surface area contributed by atoms with Crippen molar-refractivity contribution in [1.82, 2.24) is 0 Å². The normalized spacial score (nSPS) is 13.2. The molecule has 7 nitrogen and oxygen atoms in total. The summed E-state index contributed by atoms with van der Waals surface area (Å²) in [4.78, 5) is 37.7. The molecule has 0 fully saturated rings. The van der Waals surface area contributed by atoms with E-state index in [0.29, 0.717) is 28.2 Å². The number of hydrogen-bond donors (Lipinski definition) is 0. The molecule has 37 heavy (non-hydrogen) atoms. The first-order chi connectivity index (χ1) is 17.5. The monoisotopic (exact) mass is 519 g/mol. The number of alkyl halides is 3. The Kier molecular flexibility index (Phi) is 8.62. The third-order valence-electron chi connectivity index (χ3n) is 6.07. The van der Waals surface area contributed by atoms with Crippen LogP contribution in [0.25, 0.3) is 0 Å². The minimum absolute atomic E-state index is 0.0567. The van der Waals surface area contributed by atoms with Crippen LogP contribution in [-0.4, -0.2) is 37.7 Å². The zero-order valence-corrected chi connectivity index (χ0v) is 21.0. The molecule has 0 aliphatic carbocycles. The summed E-state index contributed by atoms with van der Waals surface area (Å²) in [6, 6.07) is 8.62. The van der Waals surface area contributed by atoms with Crippen LogP contribution in [-0.2, 0) is 27.4 Å². The molecule has 0 N–H and O–H groups in total. The average Bonchev–Trinajstić information content (AvgIpc) is 3.24. The lowest BCUT2D eigenvalue weighted by Gasteiger charge is -2.28. The van der Waals surface area contributed by atoms with Crippen LogP contribution in [0.3, 0.4) is 0 Å². The number of esters is 2. The molecule has 2 aromatic carbocycles. The first-order valence-corrected chi connectivity index (χ1v) is 11.7. The van der Waals surface area contributed by atoms with Gasteiger partial charge in [0.05, 0.1) is 18.4 Å². The van der Waals surface area contributed by atoms with Gasteiger partial charge in [0.25, 0.3) is 0 Å². The molecule has 1 amide bonds. The van der Waals surface area contributed by atoms with Gasteiger partial charge < -0.3 is 19.1 Å². The van der Waals surface area contributed by atoms with Crippen LogP contribution in [0.2, 0.25) is 0 Å². The fraction of sp³-hybridized carbons (Fsp3) is 0.370. The summed E-state index contributed by atoms with van der Waals surface area (Å²) in [5.74, 6) is -2.62. The Balaban J connectivity index is 1.95. The predicted molar refractivity (Wildman–Crippen MR) is 130 cm³/mol. The first-order valence-electron chi connectivity index (χ1n) is 11.7. The Morgan fingerprint density at radius 3 is 2.43 bits per heavy atom. The second-order valence-electron chi connectivity index (χ2n) is 8.50. The molecule has 0 radical (unpaired) electrons. The number of cyclic esters (lactones) is 1. The number of carbonyl (C=O) groups excluding carboxylic acids is 3. The molecule has 1 aliphatic rings. The highest BCUT2D eigenvalue weighted by Gasteiger charge is 2.45. The van der Waals surface area contributed by atoms with Crippen molar-refractivity contribution in [2.75, 3.05) is 18.6 Å². The molecule has 0 atom stereocenters. The number of carbonyl (C=O) groups is 3. The van der Waals surface area contributed by atoms with Crippen LogP contribution in [0.15, 0.2) is 42.0 Å². The van der Waals surface area contributed by atoms with Gasteiger partial charge in [0.2, 0.25) is 0 Å². The van der Waals surface area contributed by atoms with E-state index in [1.165, 1.54) is 14.0 Å². The summed E-state index contributed by atoms with van der Waals surface area (Å²) in [5, 5.41) is 0. The van der Waals surface area contributed by atoms with E-state index in [4.69, 9.17) is 14.2 Å². The maximum atomic E-state index is 13.5. The summed E-state index contributed by atoms with van der Waals surface area (Å²) >= 11 is 0. The van der Waals surface area contributed by atoms with Crippen molar-refractivity contribution in [3.05, 3.63) is 64.2 Å². The van der Waals surface area contributed by atoms with Crippen molar-refractivity contribution < 1.29 is 41.8 Å². The molecule has 0 aromatic heterocycles. The van der Waals surface area contributed by atoms with E-state index in [1.807, 2.05) is 0 Å². The van der Waals surface area contributed by atoms with E-state index < -0.39 is 24.0 Å². The van der Waals surface area contributed by atoms with Crippen molar-refractivity contribution in [2.45, 2.75) is 52.8 Å². The Hall–Kier alpha value is -3.82. The van der Waals surface area contributed by atoms with Gasteiger partial charge in [0.1, 0.15) is 18.1 Å².